The molecule has 2 rings (SSSR count). The van der Waals surface area contributed by atoms with Crippen molar-refractivity contribution in [2.45, 2.75) is 44.6 Å². The minimum atomic E-state index is -0.255. The molecule has 1 aliphatic carbocycles. The largest absolute Gasteiger partial charge is 0.388 e. The number of aliphatic hydroxyl groups is 1. The van der Waals surface area contributed by atoms with Crippen molar-refractivity contribution in [2.24, 2.45) is 5.92 Å². The minimum absolute atomic E-state index is 0.255. The summed E-state index contributed by atoms with van der Waals surface area (Å²) in [5.41, 5.74) is 1.09. The van der Waals surface area contributed by atoms with Crippen LogP contribution in [0, 0.1) is 9.49 Å². The lowest BCUT2D eigenvalue weighted by molar-refractivity contribution is 0.0988. The van der Waals surface area contributed by atoms with Crippen molar-refractivity contribution in [1.82, 2.24) is 0 Å². The van der Waals surface area contributed by atoms with Crippen LogP contribution < -0.4 is 0 Å². The van der Waals surface area contributed by atoms with Crippen LogP contribution in [0.1, 0.15) is 50.2 Å². The molecule has 0 radical (unpaired) electrons. The maximum Gasteiger partial charge on any atom is 0.0818 e. The van der Waals surface area contributed by atoms with E-state index < -0.39 is 0 Å². The van der Waals surface area contributed by atoms with Crippen LogP contribution in [0.5, 0.6) is 0 Å². The second-order valence-electron chi connectivity index (χ2n) is 4.75. The first kappa shape index (κ1) is 12.4. The van der Waals surface area contributed by atoms with Gasteiger partial charge in [0, 0.05) is 3.57 Å². The maximum atomic E-state index is 10.4. The van der Waals surface area contributed by atoms with Crippen LogP contribution in [0.25, 0.3) is 0 Å². The highest BCUT2D eigenvalue weighted by atomic mass is 127. The summed E-state index contributed by atoms with van der Waals surface area (Å²) in [6.07, 6.45) is 7.37. The zero-order chi connectivity index (χ0) is 11.4. The summed E-state index contributed by atoms with van der Waals surface area (Å²) in [4.78, 5) is 0. The van der Waals surface area contributed by atoms with Gasteiger partial charge in [-0.15, -0.1) is 0 Å². The zero-order valence-corrected chi connectivity index (χ0v) is 11.7. The Labute approximate surface area is 111 Å². The molecule has 0 aromatic heterocycles. The van der Waals surface area contributed by atoms with Gasteiger partial charge in [-0.3, -0.25) is 0 Å². The van der Waals surface area contributed by atoms with Gasteiger partial charge >= 0.3 is 0 Å². The Morgan fingerprint density at radius 3 is 2.12 bits per heavy atom. The molecule has 0 heterocycles. The molecule has 0 amide bonds. The van der Waals surface area contributed by atoms with Gasteiger partial charge in [0.15, 0.2) is 0 Å². The standard InChI is InChI=1S/C14H19IO/c15-13-9-7-12(8-10-13)14(16)11-5-3-1-2-4-6-11/h7-11,14,16H,1-6H2. The van der Waals surface area contributed by atoms with Gasteiger partial charge in [0.2, 0.25) is 0 Å². The van der Waals surface area contributed by atoms with Crippen molar-refractivity contribution in [3.8, 4) is 0 Å². The molecule has 1 nitrogen and oxygen atoms in total. The number of halogens is 1. The third-order valence-corrected chi connectivity index (χ3v) is 4.28. The Balaban J connectivity index is 2.04. The van der Waals surface area contributed by atoms with Crippen molar-refractivity contribution < 1.29 is 5.11 Å². The molecular weight excluding hydrogens is 311 g/mol. The van der Waals surface area contributed by atoms with E-state index in [4.69, 9.17) is 0 Å². The Bertz CT molecular complexity index is 312. The Hall–Kier alpha value is -0.0900. The molecule has 1 N–H and O–H groups in total. The molecule has 1 saturated carbocycles. The molecule has 0 aliphatic heterocycles. The van der Waals surface area contributed by atoms with Crippen molar-refractivity contribution in [3.63, 3.8) is 0 Å². The van der Waals surface area contributed by atoms with E-state index in [9.17, 15) is 5.11 Å². The monoisotopic (exact) mass is 330 g/mol. The molecule has 16 heavy (non-hydrogen) atoms. The van der Waals surface area contributed by atoms with E-state index in [2.05, 4.69) is 46.9 Å². The molecule has 0 bridgehead atoms. The van der Waals surface area contributed by atoms with Gasteiger partial charge in [0.25, 0.3) is 0 Å². The van der Waals surface area contributed by atoms with Crippen molar-refractivity contribution in [2.75, 3.05) is 0 Å². The highest BCUT2D eigenvalue weighted by Crippen LogP contribution is 2.33. The Kier molecular flexibility index (Phi) is 4.65. The molecule has 0 saturated heterocycles. The second-order valence-corrected chi connectivity index (χ2v) is 5.99. The molecule has 88 valence electrons. The van der Waals surface area contributed by atoms with E-state index in [1.807, 2.05) is 0 Å². The number of aliphatic hydroxyl groups excluding tert-OH is 1. The first-order chi connectivity index (χ1) is 7.77. The summed E-state index contributed by atoms with van der Waals surface area (Å²) in [5.74, 6) is 0.475. The highest BCUT2D eigenvalue weighted by molar-refractivity contribution is 14.1. The molecular formula is C14H19IO. The maximum absolute atomic E-state index is 10.4. The molecule has 1 aromatic rings. The summed E-state index contributed by atoms with van der Waals surface area (Å²) >= 11 is 2.30. The summed E-state index contributed by atoms with van der Waals surface area (Å²) in [7, 11) is 0. The predicted octanol–water partition coefficient (Wildman–Crippen LogP) is 4.30. The molecule has 0 spiro atoms. The SMILES string of the molecule is OC(c1ccc(I)cc1)C1CCCCCC1. The van der Waals surface area contributed by atoms with E-state index in [0.717, 1.165) is 5.56 Å². The van der Waals surface area contributed by atoms with E-state index in [1.165, 1.54) is 42.1 Å². The molecule has 2 heteroatoms. The lowest BCUT2D eigenvalue weighted by Gasteiger charge is -2.21. The topological polar surface area (TPSA) is 20.2 Å². The Morgan fingerprint density at radius 1 is 1.00 bits per heavy atom. The number of hydrogen-bond acceptors (Lipinski definition) is 1. The van der Waals surface area contributed by atoms with E-state index in [1.54, 1.807) is 0 Å². The van der Waals surface area contributed by atoms with Crippen LogP contribution in [-0.2, 0) is 0 Å². The smallest absolute Gasteiger partial charge is 0.0818 e. The van der Waals surface area contributed by atoms with Crippen molar-refractivity contribution in [3.05, 3.63) is 33.4 Å². The minimum Gasteiger partial charge on any atom is -0.388 e. The van der Waals surface area contributed by atoms with Crippen LogP contribution in [0.3, 0.4) is 0 Å². The number of benzene rings is 1. The van der Waals surface area contributed by atoms with Gasteiger partial charge < -0.3 is 5.11 Å². The van der Waals surface area contributed by atoms with Gasteiger partial charge in [0.1, 0.15) is 0 Å². The average molecular weight is 330 g/mol. The van der Waals surface area contributed by atoms with Gasteiger partial charge in [0.05, 0.1) is 6.10 Å². The van der Waals surface area contributed by atoms with Crippen molar-refractivity contribution >= 4 is 22.6 Å². The summed E-state index contributed by atoms with van der Waals surface area (Å²) in [5, 5.41) is 10.4. The van der Waals surface area contributed by atoms with Crippen LogP contribution in [0.2, 0.25) is 0 Å². The molecule has 1 aromatic carbocycles. The third kappa shape index (κ3) is 3.20. The average Bonchev–Trinajstić information content (AvgIpc) is 2.57. The zero-order valence-electron chi connectivity index (χ0n) is 9.53. The van der Waals surface area contributed by atoms with Crippen molar-refractivity contribution in [1.29, 1.82) is 0 Å². The number of hydrogen-bond donors (Lipinski definition) is 1. The lowest BCUT2D eigenvalue weighted by atomic mass is 9.89. The molecule has 1 aliphatic rings. The van der Waals surface area contributed by atoms with Gasteiger partial charge in [-0.25, -0.2) is 0 Å². The summed E-state index contributed by atoms with van der Waals surface area (Å²) in [6, 6.07) is 8.29. The van der Waals surface area contributed by atoms with Gasteiger partial charge in [-0.2, -0.15) is 0 Å². The quantitative estimate of drug-likeness (QED) is 0.633. The van der Waals surface area contributed by atoms with Crippen LogP contribution in [0.15, 0.2) is 24.3 Å². The molecule has 1 unspecified atom stereocenters. The van der Waals surface area contributed by atoms with Crippen LogP contribution >= 0.6 is 22.6 Å². The fraction of sp³-hybridized carbons (Fsp3) is 0.571. The van der Waals surface area contributed by atoms with E-state index >= 15 is 0 Å². The normalized spacial score (nSPS) is 20.4. The third-order valence-electron chi connectivity index (χ3n) is 3.56. The Morgan fingerprint density at radius 2 is 1.56 bits per heavy atom. The summed E-state index contributed by atoms with van der Waals surface area (Å²) in [6.45, 7) is 0. The van der Waals surface area contributed by atoms with Gasteiger partial charge in [-0.05, 0) is 59.0 Å². The van der Waals surface area contributed by atoms with Crippen LogP contribution in [-0.4, -0.2) is 5.11 Å². The van der Waals surface area contributed by atoms with Gasteiger partial charge in [-0.1, -0.05) is 37.8 Å². The first-order valence-electron chi connectivity index (χ1n) is 6.21. The molecule has 1 fully saturated rings. The fourth-order valence-electron chi connectivity index (χ4n) is 2.56. The van der Waals surface area contributed by atoms with E-state index in [0.29, 0.717) is 5.92 Å². The van der Waals surface area contributed by atoms with E-state index in [-0.39, 0.29) is 6.10 Å². The molecule has 1 atom stereocenters. The second kappa shape index (κ2) is 6.01. The lowest BCUT2D eigenvalue weighted by Crippen LogP contribution is -2.11. The van der Waals surface area contributed by atoms with Crippen LogP contribution in [0.4, 0.5) is 0 Å². The fourth-order valence-corrected chi connectivity index (χ4v) is 2.92. The summed E-state index contributed by atoms with van der Waals surface area (Å²) < 4.78 is 1.23. The highest BCUT2D eigenvalue weighted by Gasteiger charge is 2.21. The predicted molar refractivity (Wildman–Crippen MR) is 75.3 cm³/mol. The first-order valence-corrected chi connectivity index (χ1v) is 7.29. The number of rotatable bonds is 2.